The van der Waals surface area contributed by atoms with E-state index in [-0.39, 0.29) is 0 Å². The SMILES string of the molecule is CCCCN(c1cc(NCCC)nc(CCC)n1)C1CC1. The van der Waals surface area contributed by atoms with Crippen LogP contribution in [0.5, 0.6) is 0 Å². The van der Waals surface area contributed by atoms with Crippen LogP contribution in [0.4, 0.5) is 11.6 Å². The van der Waals surface area contributed by atoms with Gasteiger partial charge in [-0.25, -0.2) is 9.97 Å². The van der Waals surface area contributed by atoms with Gasteiger partial charge in [0, 0.05) is 31.6 Å². The van der Waals surface area contributed by atoms with E-state index in [1.807, 2.05) is 0 Å². The quantitative estimate of drug-likeness (QED) is 0.706. The highest BCUT2D eigenvalue weighted by atomic mass is 15.2. The van der Waals surface area contributed by atoms with E-state index in [0.717, 1.165) is 49.8 Å². The Labute approximate surface area is 129 Å². The van der Waals surface area contributed by atoms with Crippen LogP contribution in [0.25, 0.3) is 0 Å². The monoisotopic (exact) mass is 290 g/mol. The minimum Gasteiger partial charge on any atom is -0.370 e. The van der Waals surface area contributed by atoms with Crippen molar-refractivity contribution in [2.24, 2.45) is 0 Å². The van der Waals surface area contributed by atoms with Gasteiger partial charge in [-0.15, -0.1) is 0 Å². The maximum atomic E-state index is 4.82. The Morgan fingerprint density at radius 2 is 1.95 bits per heavy atom. The van der Waals surface area contributed by atoms with Crippen molar-refractivity contribution in [3.05, 3.63) is 11.9 Å². The number of unbranched alkanes of at least 4 members (excludes halogenated alkanes) is 1. The molecule has 2 rings (SSSR count). The molecule has 1 heterocycles. The molecule has 1 aromatic rings. The number of rotatable bonds is 10. The second kappa shape index (κ2) is 8.20. The van der Waals surface area contributed by atoms with Crippen molar-refractivity contribution < 1.29 is 0 Å². The van der Waals surface area contributed by atoms with Crippen LogP contribution in [0.1, 0.15) is 65.1 Å². The minimum atomic E-state index is 0.708. The lowest BCUT2D eigenvalue weighted by Gasteiger charge is -2.24. The smallest absolute Gasteiger partial charge is 0.134 e. The molecule has 0 aliphatic heterocycles. The molecule has 118 valence electrons. The molecule has 0 saturated heterocycles. The summed E-state index contributed by atoms with van der Waals surface area (Å²) in [6, 6.07) is 2.85. The van der Waals surface area contributed by atoms with Crippen molar-refractivity contribution in [1.29, 1.82) is 0 Å². The predicted octanol–water partition coefficient (Wildman–Crippen LogP) is 4.02. The topological polar surface area (TPSA) is 41.0 Å². The molecular formula is C17H30N4. The van der Waals surface area contributed by atoms with Crippen LogP contribution < -0.4 is 10.2 Å². The van der Waals surface area contributed by atoms with Gasteiger partial charge < -0.3 is 10.2 Å². The standard InChI is InChI=1S/C17H30N4/c1-4-7-12-21(14-9-10-14)17-13-16(18-11-6-3)19-15(20-17)8-5-2/h13-14H,4-12H2,1-3H3,(H,18,19,20). The van der Waals surface area contributed by atoms with E-state index in [0.29, 0.717) is 6.04 Å². The number of hydrogen-bond donors (Lipinski definition) is 1. The molecule has 1 aliphatic rings. The normalized spacial score (nSPS) is 14.2. The Hall–Kier alpha value is -1.32. The summed E-state index contributed by atoms with van der Waals surface area (Å²) in [5.41, 5.74) is 0. The van der Waals surface area contributed by atoms with Gasteiger partial charge >= 0.3 is 0 Å². The van der Waals surface area contributed by atoms with E-state index in [2.05, 4.69) is 42.0 Å². The fourth-order valence-electron chi connectivity index (χ4n) is 2.51. The zero-order valence-electron chi connectivity index (χ0n) is 13.9. The van der Waals surface area contributed by atoms with Crippen molar-refractivity contribution >= 4 is 11.6 Å². The summed E-state index contributed by atoms with van der Waals surface area (Å²) in [5.74, 6) is 3.10. The molecule has 0 bridgehead atoms. The molecule has 0 amide bonds. The molecular weight excluding hydrogens is 260 g/mol. The average Bonchev–Trinajstić information content (AvgIpc) is 3.30. The molecule has 1 N–H and O–H groups in total. The highest BCUT2D eigenvalue weighted by molar-refractivity contribution is 5.51. The Balaban J connectivity index is 2.19. The van der Waals surface area contributed by atoms with E-state index < -0.39 is 0 Å². The van der Waals surface area contributed by atoms with Gasteiger partial charge in [0.25, 0.3) is 0 Å². The summed E-state index contributed by atoms with van der Waals surface area (Å²) in [5, 5.41) is 3.43. The van der Waals surface area contributed by atoms with Gasteiger partial charge in [0.2, 0.25) is 0 Å². The predicted molar refractivity (Wildman–Crippen MR) is 90.1 cm³/mol. The van der Waals surface area contributed by atoms with Crippen molar-refractivity contribution in [3.8, 4) is 0 Å². The van der Waals surface area contributed by atoms with Gasteiger partial charge in [0.05, 0.1) is 0 Å². The average molecular weight is 290 g/mol. The number of nitrogens with zero attached hydrogens (tertiary/aromatic N) is 3. The first-order valence-corrected chi connectivity index (χ1v) is 8.66. The summed E-state index contributed by atoms with van der Waals surface area (Å²) >= 11 is 0. The van der Waals surface area contributed by atoms with Crippen LogP contribution >= 0.6 is 0 Å². The first kappa shape index (κ1) is 16.1. The number of aromatic nitrogens is 2. The molecule has 0 aromatic carbocycles. The molecule has 1 aromatic heterocycles. The number of aryl methyl sites for hydroxylation is 1. The third-order valence-corrected chi connectivity index (χ3v) is 3.82. The molecule has 21 heavy (non-hydrogen) atoms. The highest BCUT2D eigenvalue weighted by Crippen LogP contribution is 2.31. The first-order valence-electron chi connectivity index (χ1n) is 8.66. The van der Waals surface area contributed by atoms with Crippen LogP contribution in [0, 0.1) is 0 Å². The lowest BCUT2D eigenvalue weighted by atomic mass is 10.3. The maximum Gasteiger partial charge on any atom is 0.134 e. The zero-order chi connectivity index (χ0) is 15.1. The molecule has 0 radical (unpaired) electrons. The largest absolute Gasteiger partial charge is 0.370 e. The molecule has 1 aliphatic carbocycles. The molecule has 4 nitrogen and oxygen atoms in total. The lowest BCUT2D eigenvalue weighted by molar-refractivity contribution is 0.698. The van der Waals surface area contributed by atoms with E-state index in [4.69, 9.17) is 4.98 Å². The number of nitrogens with one attached hydrogen (secondary N) is 1. The second-order valence-corrected chi connectivity index (χ2v) is 5.98. The van der Waals surface area contributed by atoms with Crippen molar-refractivity contribution in [3.63, 3.8) is 0 Å². The molecule has 1 saturated carbocycles. The van der Waals surface area contributed by atoms with Gasteiger partial charge in [-0.3, -0.25) is 0 Å². The zero-order valence-corrected chi connectivity index (χ0v) is 13.9. The lowest BCUT2D eigenvalue weighted by Crippen LogP contribution is -2.28. The van der Waals surface area contributed by atoms with Crippen LogP contribution in [0.3, 0.4) is 0 Å². The van der Waals surface area contributed by atoms with Crippen LogP contribution in [-0.4, -0.2) is 29.1 Å². The van der Waals surface area contributed by atoms with Crippen LogP contribution in [0.15, 0.2) is 6.07 Å². The van der Waals surface area contributed by atoms with Crippen molar-refractivity contribution in [2.45, 2.75) is 71.8 Å². The number of anilines is 2. The fourth-order valence-corrected chi connectivity index (χ4v) is 2.51. The highest BCUT2D eigenvalue weighted by Gasteiger charge is 2.30. The van der Waals surface area contributed by atoms with E-state index >= 15 is 0 Å². The van der Waals surface area contributed by atoms with Gasteiger partial charge in [0.1, 0.15) is 17.5 Å². The Bertz CT molecular complexity index is 429. The van der Waals surface area contributed by atoms with Crippen molar-refractivity contribution in [1.82, 2.24) is 9.97 Å². The summed E-state index contributed by atoms with van der Waals surface area (Å²) < 4.78 is 0. The summed E-state index contributed by atoms with van der Waals surface area (Å²) in [6.07, 6.45) is 8.27. The minimum absolute atomic E-state index is 0.708. The fraction of sp³-hybridized carbons (Fsp3) is 0.765. The molecule has 0 unspecified atom stereocenters. The van der Waals surface area contributed by atoms with Crippen LogP contribution in [-0.2, 0) is 6.42 Å². The van der Waals surface area contributed by atoms with E-state index in [9.17, 15) is 0 Å². The number of hydrogen-bond acceptors (Lipinski definition) is 4. The summed E-state index contributed by atoms with van der Waals surface area (Å²) in [4.78, 5) is 12.0. The first-order chi connectivity index (χ1) is 10.3. The summed E-state index contributed by atoms with van der Waals surface area (Å²) in [7, 11) is 0. The van der Waals surface area contributed by atoms with Gasteiger partial charge in [-0.1, -0.05) is 27.2 Å². The summed E-state index contributed by atoms with van der Waals surface area (Å²) in [6.45, 7) is 8.71. The molecule has 0 spiro atoms. The third kappa shape index (κ3) is 4.87. The maximum absolute atomic E-state index is 4.82. The second-order valence-electron chi connectivity index (χ2n) is 5.98. The Morgan fingerprint density at radius 1 is 1.14 bits per heavy atom. The van der Waals surface area contributed by atoms with Gasteiger partial charge in [0.15, 0.2) is 0 Å². The Kier molecular flexibility index (Phi) is 6.27. The van der Waals surface area contributed by atoms with Gasteiger partial charge in [-0.2, -0.15) is 0 Å². The Morgan fingerprint density at radius 3 is 2.57 bits per heavy atom. The van der Waals surface area contributed by atoms with Crippen molar-refractivity contribution in [2.75, 3.05) is 23.3 Å². The molecule has 4 heteroatoms. The molecule has 1 fully saturated rings. The molecule has 0 atom stereocenters. The van der Waals surface area contributed by atoms with E-state index in [1.54, 1.807) is 0 Å². The van der Waals surface area contributed by atoms with Crippen LogP contribution in [0.2, 0.25) is 0 Å². The van der Waals surface area contributed by atoms with E-state index in [1.165, 1.54) is 25.7 Å². The third-order valence-electron chi connectivity index (χ3n) is 3.82. The van der Waals surface area contributed by atoms with Gasteiger partial charge in [-0.05, 0) is 32.1 Å².